The van der Waals surface area contributed by atoms with Crippen LogP contribution in [0.1, 0.15) is 35.6 Å². The summed E-state index contributed by atoms with van der Waals surface area (Å²) in [6, 6.07) is 16.9. The molecule has 1 amide bonds. The predicted molar refractivity (Wildman–Crippen MR) is 99.9 cm³/mol. The number of aryl methyl sites for hydroxylation is 1. The second-order valence-corrected chi connectivity index (χ2v) is 7.56. The molecular weight excluding hydrogens is 364 g/mol. The van der Waals surface area contributed by atoms with Gasteiger partial charge in [0.15, 0.2) is 6.54 Å². The van der Waals surface area contributed by atoms with Crippen LogP contribution in [0.5, 0.6) is 0 Å². The van der Waals surface area contributed by atoms with Crippen molar-refractivity contribution in [2.45, 2.75) is 31.8 Å². The fraction of sp³-hybridized carbons (Fsp3) is 0.350. The van der Waals surface area contributed by atoms with Gasteiger partial charge in [-0.3, -0.25) is 4.79 Å². The molecule has 0 aliphatic heterocycles. The summed E-state index contributed by atoms with van der Waals surface area (Å²) in [6.45, 7) is 1.34. The van der Waals surface area contributed by atoms with E-state index in [1.165, 1.54) is 21.6 Å². The lowest BCUT2D eigenvalue weighted by molar-refractivity contribution is -0.885. The molecule has 2 aromatic carbocycles. The summed E-state index contributed by atoms with van der Waals surface area (Å²) in [6.07, 6.45) is 3.30. The van der Waals surface area contributed by atoms with Crippen molar-refractivity contribution in [2.75, 3.05) is 13.6 Å². The number of benzene rings is 2. The Morgan fingerprint density at radius 2 is 1.96 bits per heavy atom. The van der Waals surface area contributed by atoms with Crippen LogP contribution in [0.25, 0.3) is 0 Å². The Balaban J connectivity index is 1.55. The van der Waals surface area contributed by atoms with Crippen LogP contribution in [0, 0.1) is 0 Å². The minimum Gasteiger partial charge on any atom is -0.344 e. The lowest BCUT2D eigenvalue weighted by Gasteiger charge is -2.26. The van der Waals surface area contributed by atoms with Crippen molar-refractivity contribution in [3.05, 3.63) is 69.7 Å². The molecule has 24 heavy (non-hydrogen) atoms. The quantitative estimate of drug-likeness (QED) is 0.812. The third-order valence-electron chi connectivity index (χ3n) is 4.59. The number of quaternary nitrogens is 1. The van der Waals surface area contributed by atoms with E-state index in [1.807, 2.05) is 12.1 Å². The second kappa shape index (κ2) is 7.95. The van der Waals surface area contributed by atoms with Crippen LogP contribution in [-0.4, -0.2) is 19.5 Å². The van der Waals surface area contributed by atoms with Crippen LogP contribution in [0.4, 0.5) is 0 Å². The molecule has 0 heterocycles. The molecular formula is C20H24BrN2O+. The van der Waals surface area contributed by atoms with Crippen molar-refractivity contribution in [1.29, 1.82) is 0 Å². The van der Waals surface area contributed by atoms with Crippen LogP contribution in [0.2, 0.25) is 0 Å². The third-order valence-corrected chi connectivity index (χ3v) is 5.11. The molecule has 0 bridgehead atoms. The number of likely N-dealkylation sites (N-methyl/N-ethyl adjacent to an activating group) is 1. The maximum absolute atomic E-state index is 12.4. The van der Waals surface area contributed by atoms with E-state index in [-0.39, 0.29) is 11.9 Å². The number of fused-ring (bicyclic) bond motifs is 1. The van der Waals surface area contributed by atoms with Gasteiger partial charge in [0, 0.05) is 10.0 Å². The van der Waals surface area contributed by atoms with E-state index in [4.69, 9.17) is 0 Å². The summed E-state index contributed by atoms with van der Waals surface area (Å²) < 4.78 is 1.08. The third kappa shape index (κ3) is 4.46. The Hall–Kier alpha value is -1.65. The zero-order chi connectivity index (χ0) is 16.9. The summed E-state index contributed by atoms with van der Waals surface area (Å²) >= 11 is 3.45. The van der Waals surface area contributed by atoms with Crippen molar-refractivity contribution >= 4 is 21.8 Å². The Morgan fingerprint density at radius 1 is 1.21 bits per heavy atom. The largest absolute Gasteiger partial charge is 0.344 e. The van der Waals surface area contributed by atoms with Gasteiger partial charge in [0.05, 0.1) is 13.1 Å². The molecule has 1 aliphatic carbocycles. The molecule has 2 atom stereocenters. The first-order valence-corrected chi connectivity index (χ1v) is 9.34. The minimum absolute atomic E-state index is 0.131. The summed E-state index contributed by atoms with van der Waals surface area (Å²) in [7, 11) is 2.07. The Labute approximate surface area is 152 Å². The number of hydrogen-bond acceptors (Lipinski definition) is 1. The predicted octanol–water partition coefficient (Wildman–Crippen LogP) is 2.66. The van der Waals surface area contributed by atoms with E-state index in [0.717, 1.165) is 30.3 Å². The molecule has 1 aliphatic rings. The smallest absolute Gasteiger partial charge is 0.275 e. The van der Waals surface area contributed by atoms with E-state index in [2.05, 4.69) is 64.7 Å². The topological polar surface area (TPSA) is 33.5 Å². The molecule has 0 radical (unpaired) electrons. The molecule has 3 rings (SSSR count). The highest BCUT2D eigenvalue weighted by molar-refractivity contribution is 9.10. The average molecular weight is 388 g/mol. The second-order valence-electron chi connectivity index (χ2n) is 6.65. The molecule has 126 valence electrons. The molecule has 0 fully saturated rings. The van der Waals surface area contributed by atoms with Crippen LogP contribution in [0.15, 0.2) is 53.0 Å². The van der Waals surface area contributed by atoms with Gasteiger partial charge in [-0.15, -0.1) is 0 Å². The Morgan fingerprint density at radius 3 is 2.75 bits per heavy atom. The van der Waals surface area contributed by atoms with Crippen LogP contribution in [0.3, 0.4) is 0 Å². The molecule has 0 saturated carbocycles. The number of nitrogens with one attached hydrogen (secondary N) is 2. The van der Waals surface area contributed by atoms with E-state index in [0.29, 0.717) is 6.54 Å². The van der Waals surface area contributed by atoms with Gasteiger partial charge >= 0.3 is 0 Å². The fourth-order valence-electron chi connectivity index (χ4n) is 3.44. The van der Waals surface area contributed by atoms with E-state index in [1.54, 1.807) is 0 Å². The molecule has 1 unspecified atom stereocenters. The highest BCUT2D eigenvalue weighted by atomic mass is 79.9. The van der Waals surface area contributed by atoms with Crippen molar-refractivity contribution in [2.24, 2.45) is 0 Å². The average Bonchev–Trinajstić information content (AvgIpc) is 2.57. The Bertz CT molecular complexity index is 699. The molecule has 2 N–H and O–H groups in total. The highest BCUT2D eigenvalue weighted by Gasteiger charge is 2.22. The van der Waals surface area contributed by atoms with Gasteiger partial charge in [0.2, 0.25) is 0 Å². The molecule has 0 spiro atoms. The number of carbonyl (C=O) groups is 1. The minimum atomic E-state index is 0.131. The number of hydrogen-bond donors (Lipinski definition) is 2. The number of rotatable bonds is 5. The molecule has 0 saturated heterocycles. The lowest BCUT2D eigenvalue weighted by Crippen LogP contribution is -3.08. The van der Waals surface area contributed by atoms with Crippen molar-refractivity contribution < 1.29 is 9.69 Å². The summed E-state index contributed by atoms with van der Waals surface area (Å²) in [4.78, 5) is 13.6. The van der Waals surface area contributed by atoms with E-state index < -0.39 is 0 Å². The Kier molecular flexibility index (Phi) is 5.69. The lowest BCUT2D eigenvalue weighted by atomic mass is 9.88. The highest BCUT2D eigenvalue weighted by Crippen LogP contribution is 2.29. The maximum Gasteiger partial charge on any atom is 0.275 e. The van der Waals surface area contributed by atoms with E-state index in [9.17, 15) is 4.79 Å². The SMILES string of the molecule is C[NH+](CC(=O)N[C@@H]1CCCc2ccccc21)Cc1ccc(Br)cc1. The first-order valence-electron chi connectivity index (χ1n) is 8.55. The van der Waals surface area contributed by atoms with Gasteiger partial charge in [0.1, 0.15) is 6.54 Å². The number of carbonyl (C=O) groups excluding carboxylic acids is 1. The summed E-state index contributed by atoms with van der Waals surface area (Å²) in [5, 5.41) is 3.23. The van der Waals surface area contributed by atoms with Gasteiger partial charge in [-0.25, -0.2) is 0 Å². The first kappa shape index (κ1) is 17.2. The molecule has 0 aromatic heterocycles. The molecule has 2 aromatic rings. The monoisotopic (exact) mass is 387 g/mol. The van der Waals surface area contributed by atoms with Crippen LogP contribution >= 0.6 is 15.9 Å². The standard InChI is InChI=1S/C20H23BrN2O/c1-23(13-15-9-11-17(21)12-10-15)14-20(24)22-19-8-4-6-16-5-2-3-7-18(16)19/h2-3,5,7,9-12,19H,4,6,8,13-14H2,1H3,(H,22,24)/p+1/t19-/m1/s1. The number of halogens is 1. The van der Waals surface area contributed by atoms with Crippen LogP contribution < -0.4 is 10.2 Å². The summed E-state index contributed by atoms with van der Waals surface area (Å²) in [5.74, 6) is 0.131. The van der Waals surface area contributed by atoms with E-state index >= 15 is 0 Å². The van der Waals surface area contributed by atoms with Crippen LogP contribution in [-0.2, 0) is 17.8 Å². The summed E-state index contributed by atoms with van der Waals surface area (Å²) in [5.41, 5.74) is 3.92. The fourth-order valence-corrected chi connectivity index (χ4v) is 3.70. The van der Waals surface area contributed by atoms with Gasteiger partial charge in [-0.2, -0.15) is 0 Å². The van der Waals surface area contributed by atoms with Crippen molar-refractivity contribution in [1.82, 2.24) is 5.32 Å². The van der Waals surface area contributed by atoms with Gasteiger partial charge in [-0.05, 0) is 42.5 Å². The zero-order valence-electron chi connectivity index (χ0n) is 14.0. The van der Waals surface area contributed by atoms with Crippen molar-refractivity contribution in [3.63, 3.8) is 0 Å². The van der Waals surface area contributed by atoms with Crippen molar-refractivity contribution in [3.8, 4) is 0 Å². The maximum atomic E-state index is 12.4. The molecule has 3 nitrogen and oxygen atoms in total. The van der Waals surface area contributed by atoms with Gasteiger partial charge < -0.3 is 10.2 Å². The van der Waals surface area contributed by atoms with Gasteiger partial charge in [-0.1, -0.05) is 52.3 Å². The molecule has 4 heteroatoms. The first-order chi connectivity index (χ1) is 11.6. The zero-order valence-corrected chi connectivity index (χ0v) is 15.6. The number of amides is 1. The van der Waals surface area contributed by atoms with Gasteiger partial charge in [0.25, 0.3) is 5.91 Å². The normalized spacial score (nSPS) is 17.8.